The Balaban J connectivity index is 1.44. The molecule has 4 rings (SSSR count). The van der Waals surface area contributed by atoms with Crippen LogP contribution in [0.15, 0.2) is 65.4 Å². The molecule has 0 radical (unpaired) electrons. The molecular weight excluding hydrogens is 394 g/mol. The fourth-order valence-electron chi connectivity index (χ4n) is 3.94. The van der Waals surface area contributed by atoms with Crippen LogP contribution in [0.25, 0.3) is 5.57 Å². The SMILES string of the molecule is COc1cc(COc2ccc([C@H](CC(=O)O)c3ccon3)cc2)ccc1C1=CCCC1. The molecule has 6 nitrogen and oxygen atoms in total. The van der Waals surface area contributed by atoms with Crippen LogP contribution in [0.2, 0.25) is 0 Å². The largest absolute Gasteiger partial charge is 0.496 e. The summed E-state index contributed by atoms with van der Waals surface area (Å²) < 4.78 is 16.4. The van der Waals surface area contributed by atoms with Crippen molar-refractivity contribution in [2.75, 3.05) is 7.11 Å². The summed E-state index contributed by atoms with van der Waals surface area (Å²) in [6.45, 7) is 0.414. The lowest BCUT2D eigenvalue weighted by molar-refractivity contribution is -0.137. The molecule has 1 aliphatic carbocycles. The lowest BCUT2D eigenvalue weighted by atomic mass is 9.92. The van der Waals surface area contributed by atoms with Crippen LogP contribution in [0.3, 0.4) is 0 Å². The van der Waals surface area contributed by atoms with Crippen LogP contribution in [-0.2, 0) is 11.4 Å². The first-order valence-corrected chi connectivity index (χ1v) is 10.3. The zero-order valence-electron chi connectivity index (χ0n) is 17.4. The molecule has 0 amide bonds. The number of aliphatic carboxylic acids is 1. The summed E-state index contributed by atoms with van der Waals surface area (Å²) in [6.07, 6.45) is 7.09. The second-order valence-corrected chi connectivity index (χ2v) is 7.59. The first-order valence-electron chi connectivity index (χ1n) is 10.3. The van der Waals surface area contributed by atoms with Gasteiger partial charge in [-0.05, 0) is 54.2 Å². The third kappa shape index (κ3) is 4.97. The van der Waals surface area contributed by atoms with Crippen LogP contribution < -0.4 is 9.47 Å². The van der Waals surface area contributed by atoms with Crippen LogP contribution in [0, 0.1) is 0 Å². The van der Waals surface area contributed by atoms with Gasteiger partial charge in [-0.3, -0.25) is 4.79 Å². The fraction of sp³-hybridized carbons (Fsp3) is 0.280. The van der Waals surface area contributed by atoms with Crippen molar-refractivity contribution in [1.29, 1.82) is 0 Å². The first kappa shape index (κ1) is 20.7. The summed E-state index contributed by atoms with van der Waals surface area (Å²) in [7, 11) is 1.69. The Morgan fingerprint density at radius 1 is 1.19 bits per heavy atom. The number of allylic oxidation sites excluding steroid dienone is 2. The molecule has 1 atom stereocenters. The number of ether oxygens (including phenoxy) is 2. The van der Waals surface area contributed by atoms with Gasteiger partial charge in [0, 0.05) is 17.5 Å². The summed E-state index contributed by atoms with van der Waals surface area (Å²) in [5.74, 6) is 0.319. The lowest BCUT2D eigenvalue weighted by Gasteiger charge is -2.14. The molecule has 1 N–H and O–H groups in total. The number of aromatic nitrogens is 1. The normalized spacial score (nSPS) is 14.2. The summed E-state index contributed by atoms with van der Waals surface area (Å²) in [5, 5.41) is 13.2. The number of hydrogen-bond donors (Lipinski definition) is 1. The summed E-state index contributed by atoms with van der Waals surface area (Å²) in [6, 6.07) is 15.3. The highest BCUT2D eigenvalue weighted by atomic mass is 16.5. The molecule has 1 aliphatic rings. The van der Waals surface area contributed by atoms with Gasteiger partial charge in [0.2, 0.25) is 0 Å². The van der Waals surface area contributed by atoms with E-state index in [-0.39, 0.29) is 12.3 Å². The second-order valence-electron chi connectivity index (χ2n) is 7.59. The van der Waals surface area contributed by atoms with E-state index in [2.05, 4.69) is 23.4 Å². The van der Waals surface area contributed by atoms with E-state index in [4.69, 9.17) is 14.0 Å². The van der Waals surface area contributed by atoms with Gasteiger partial charge >= 0.3 is 5.97 Å². The molecule has 0 saturated heterocycles. The zero-order chi connectivity index (χ0) is 21.6. The number of benzene rings is 2. The van der Waals surface area contributed by atoms with Crippen LogP contribution in [0.5, 0.6) is 11.5 Å². The Bertz CT molecular complexity index is 1050. The molecule has 160 valence electrons. The van der Waals surface area contributed by atoms with Crippen molar-refractivity contribution < 1.29 is 23.9 Å². The van der Waals surface area contributed by atoms with E-state index in [0.29, 0.717) is 18.1 Å². The van der Waals surface area contributed by atoms with Gasteiger partial charge in [0.05, 0.1) is 19.2 Å². The summed E-state index contributed by atoms with van der Waals surface area (Å²) >= 11 is 0. The van der Waals surface area contributed by atoms with E-state index in [9.17, 15) is 9.90 Å². The van der Waals surface area contributed by atoms with E-state index in [1.54, 1.807) is 13.2 Å². The second kappa shape index (κ2) is 9.51. The fourth-order valence-corrected chi connectivity index (χ4v) is 3.94. The maximum absolute atomic E-state index is 11.3. The number of carboxylic acid groups (broad SMARTS) is 1. The van der Waals surface area contributed by atoms with Gasteiger partial charge < -0.3 is 19.1 Å². The molecule has 3 aromatic rings. The first-order chi connectivity index (χ1) is 15.1. The molecule has 0 saturated carbocycles. The van der Waals surface area contributed by atoms with Crippen molar-refractivity contribution in [3.8, 4) is 11.5 Å². The molecule has 1 aromatic heterocycles. The predicted octanol–water partition coefficient (Wildman–Crippen LogP) is 5.44. The van der Waals surface area contributed by atoms with Crippen LogP contribution in [0.1, 0.15) is 54.0 Å². The van der Waals surface area contributed by atoms with Crippen LogP contribution >= 0.6 is 0 Å². The Kier molecular flexibility index (Phi) is 6.36. The number of rotatable bonds is 9. The average Bonchev–Trinajstić information content (AvgIpc) is 3.51. The van der Waals surface area contributed by atoms with Crippen molar-refractivity contribution in [3.05, 3.63) is 83.3 Å². The van der Waals surface area contributed by atoms with Crippen molar-refractivity contribution >= 4 is 11.5 Å². The van der Waals surface area contributed by atoms with Gasteiger partial charge in [0.15, 0.2) is 0 Å². The minimum Gasteiger partial charge on any atom is -0.496 e. The molecule has 1 heterocycles. The molecule has 0 unspecified atom stereocenters. The van der Waals surface area contributed by atoms with E-state index in [1.807, 2.05) is 30.3 Å². The van der Waals surface area contributed by atoms with E-state index in [0.717, 1.165) is 35.3 Å². The average molecular weight is 419 g/mol. The Morgan fingerprint density at radius 3 is 2.68 bits per heavy atom. The van der Waals surface area contributed by atoms with Gasteiger partial charge in [0.25, 0.3) is 0 Å². The molecule has 0 aliphatic heterocycles. The quantitative estimate of drug-likeness (QED) is 0.498. The minimum atomic E-state index is -0.890. The molecule has 0 spiro atoms. The van der Waals surface area contributed by atoms with Gasteiger partial charge in [-0.15, -0.1) is 0 Å². The van der Waals surface area contributed by atoms with Gasteiger partial charge in [0.1, 0.15) is 24.4 Å². The molecule has 31 heavy (non-hydrogen) atoms. The van der Waals surface area contributed by atoms with Crippen LogP contribution in [-0.4, -0.2) is 23.3 Å². The van der Waals surface area contributed by atoms with Gasteiger partial charge in [-0.25, -0.2) is 0 Å². The Hall–Kier alpha value is -3.54. The van der Waals surface area contributed by atoms with E-state index < -0.39 is 5.97 Å². The molecule has 0 fully saturated rings. The summed E-state index contributed by atoms with van der Waals surface area (Å²) in [5.41, 5.74) is 4.98. The highest BCUT2D eigenvalue weighted by Gasteiger charge is 2.20. The highest BCUT2D eigenvalue weighted by molar-refractivity contribution is 5.72. The maximum Gasteiger partial charge on any atom is 0.304 e. The molecule has 0 bridgehead atoms. The van der Waals surface area contributed by atoms with Crippen molar-refractivity contribution in [1.82, 2.24) is 5.16 Å². The number of nitrogens with zero attached hydrogens (tertiary/aromatic N) is 1. The number of methoxy groups -OCH3 is 1. The molecule has 2 aromatic carbocycles. The van der Waals surface area contributed by atoms with Gasteiger partial charge in [-0.2, -0.15) is 0 Å². The highest BCUT2D eigenvalue weighted by Crippen LogP contribution is 2.34. The third-order valence-corrected chi connectivity index (χ3v) is 5.53. The monoisotopic (exact) mass is 419 g/mol. The maximum atomic E-state index is 11.3. The number of hydrogen-bond acceptors (Lipinski definition) is 5. The van der Waals surface area contributed by atoms with Crippen molar-refractivity contribution in [3.63, 3.8) is 0 Å². The van der Waals surface area contributed by atoms with Gasteiger partial charge in [-0.1, -0.05) is 35.5 Å². The Morgan fingerprint density at radius 2 is 2.03 bits per heavy atom. The number of carbonyl (C=O) groups is 1. The lowest BCUT2D eigenvalue weighted by Crippen LogP contribution is -2.08. The van der Waals surface area contributed by atoms with E-state index in [1.165, 1.54) is 18.3 Å². The minimum absolute atomic E-state index is 0.0602. The van der Waals surface area contributed by atoms with Crippen molar-refractivity contribution in [2.24, 2.45) is 0 Å². The standard InChI is InChI=1S/C25H25NO5/c1-29-24-14-17(6-11-21(24)18-4-2-3-5-18)16-30-20-9-7-19(8-10-20)22(15-25(27)28)23-12-13-31-26-23/h4,6-14,22H,2-3,5,15-16H2,1H3,(H,27,28)/t22-/m0/s1. The van der Waals surface area contributed by atoms with Crippen molar-refractivity contribution in [2.45, 2.75) is 38.2 Å². The smallest absolute Gasteiger partial charge is 0.304 e. The molecular formula is C25H25NO5. The van der Waals surface area contributed by atoms with Crippen LogP contribution in [0.4, 0.5) is 0 Å². The van der Waals surface area contributed by atoms with E-state index >= 15 is 0 Å². The zero-order valence-corrected chi connectivity index (χ0v) is 17.4. The topological polar surface area (TPSA) is 81.8 Å². The third-order valence-electron chi connectivity index (χ3n) is 5.53. The molecule has 6 heteroatoms. The number of carboxylic acids is 1. The summed E-state index contributed by atoms with van der Waals surface area (Å²) in [4.78, 5) is 11.3. The Labute approximate surface area is 181 Å². The predicted molar refractivity (Wildman–Crippen MR) is 116 cm³/mol.